The molecule has 0 unspecified atom stereocenters. The van der Waals surface area contributed by atoms with E-state index < -0.39 is 0 Å². The summed E-state index contributed by atoms with van der Waals surface area (Å²) in [7, 11) is 0. The van der Waals surface area contributed by atoms with Crippen LogP contribution in [0.5, 0.6) is 0 Å². The summed E-state index contributed by atoms with van der Waals surface area (Å²) in [6.07, 6.45) is 10.6. The van der Waals surface area contributed by atoms with Crippen LogP contribution < -0.4 is 0 Å². The van der Waals surface area contributed by atoms with Crippen LogP contribution >= 0.6 is 0 Å². The van der Waals surface area contributed by atoms with Crippen LogP contribution in [0.1, 0.15) is 13.8 Å². The molecule has 8 heavy (non-hydrogen) atoms. The van der Waals surface area contributed by atoms with Gasteiger partial charge >= 0.3 is 0 Å². The highest BCUT2D eigenvalue weighted by Gasteiger charge is 2.12. The normalized spacial score (nSPS) is 23.8. The third kappa shape index (κ3) is 1.22. The molecule has 0 amide bonds. The van der Waals surface area contributed by atoms with E-state index in [4.69, 9.17) is 0 Å². The summed E-state index contributed by atoms with van der Waals surface area (Å²) in [6.45, 7) is 4.38. The summed E-state index contributed by atoms with van der Waals surface area (Å²) in [5, 5.41) is 0. The van der Waals surface area contributed by atoms with Gasteiger partial charge in [0, 0.05) is 0 Å². The fraction of sp³-hybridized carbons (Fsp3) is 0.375. The van der Waals surface area contributed by atoms with E-state index in [0.29, 0.717) is 0 Å². The summed E-state index contributed by atoms with van der Waals surface area (Å²) >= 11 is 0. The van der Waals surface area contributed by atoms with Crippen molar-refractivity contribution in [2.45, 2.75) is 13.8 Å². The van der Waals surface area contributed by atoms with E-state index in [1.807, 2.05) is 6.08 Å². The van der Waals surface area contributed by atoms with Crippen LogP contribution in [0.2, 0.25) is 0 Å². The van der Waals surface area contributed by atoms with E-state index in [1.165, 1.54) is 0 Å². The molecule has 0 saturated carbocycles. The standard InChI is InChI=1S/C8H11/c1-8(2)6-4-3-5-7-8/h3-7H,1-2H3. The highest BCUT2D eigenvalue weighted by Crippen LogP contribution is 2.23. The first-order chi connectivity index (χ1) is 3.71. The maximum absolute atomic E-state index is 2.19. The van der Waals surface area contributed by atoms with Crippen LogP contribution in [-0.2, 0) is 0 Å². The van der Waals surface area contributed by atoms with Gasteiger partial charge in [-0.1, -0.05) is 38.2 Å². The fourth-order valence-electron chi connectivity index (χ4n) is 0.727. The Labute approximate surface area is 50.9 Å². The lowest BCUT2D eigenvalue weighted by molar-refractivity contribution is 0.584. The topological polar surface area (TPSA) is 0 Å². The molecule has 0 N–H and O–H groups in total. The van der Waals surface area contributed by atoms with E-state index in [9.17, 15) is 0 Å². The summed E-state index contributed by atoms with van der Waals surface area (Å²) in [5.74, 6) is 0. The number of allylic oxidation sites excluding steroid dienone is 4. The lowest BCUT2D eigenvalue weighted by Gasteiger charge is -2.18. The minimum absolute atomic E-state index is 0.286. The third-order valence-corrected chi connectivity index (χ3v) is 1.27. The second-order valence-corrected chi connectivity index (χ2v) is 2.73. The molecule has 0 bridgehead atoms. The second kappa shape index (κ2) is 1.77. The molecule has 0 heteroatoms. The number of rotatable bonds is 0. The zero-order valence-electron chi connectivity index (χ0n) is 5.39. The van der Waals surface area contributed by atoms with Gasteiger partial charge in [-0.3, -0.25) is 0 Å². The smallest absolute Gasteiger partial charge is 0.00731 e. The van der Waals surface area contributed by atoms with Gasteiger partial charge in [0.2, 0.25) is 0 Å². The van der Waals surface area contributed by atoms with Crippen molar-refractivity contribution in [3.63, 3.8) is 0 Å². The average Bonchev–Trinajstić information content (AvgIpc) is 1.65. The molecule has 1 aliphatic carbocycles. The predicted molar refractivity (Wildman–Crippen MR) is 36.4 cm³/mol. The van der Waals surface area contributed by atoms with Crippen molar-refractivity contribution in [1.29, 1.82) is 0 Å². The molecule has 1 radical (unpaired) electrons. The van der Waals surface area contributed by atoms with Gasteiger partial charge in [-0.25, -0.2) is 0 Å². The molecule has 0 saturated heterocycles. The first-order valence-electron chi connectivity index (χ1n) is 2.91. The summed E-state index contributed by atoms with van der Waals surface area (Å²) in [5.41, 5.74) is 0.286. The van der Waals surface area contributed by atoms with Crippen molar-refractivity contribution in [3.8, 4) is 0 Å². The Morgan fingerprint density at radius 2 is 1.75 bits per heavy atom. The van der Waals surface area contributed by atoms with Gasteiger partial charge in [0.25, 0.3) is 0 Å². The van der Waals surface area contributed by atoms with Crippen LogP contribution in [0.4, 0.5) is 0 Å². The molecular weight excluding hydrogens is 96.1 g/mol. The van der Waals surface area contributed by atoms with Crippen molar-refractivity contribution in [1.82, 2.24) is 0 Å². The van der Waals surface area contributed by atoms with E-state index in [-0.39, 0.29) is 5.41 Å². The molecule has 0 atom stereocenters. The highest BCUT2D eigenvalue weighted by molar-refractivity contribution is 5.22. The quantitative estimate of drug-likeness (QED) is 0.445. The Kier molecular flexibility index (Phi) is 1.24. The zero-order chi connectivity index (χ0) is 6.04. The van der Waals surface area contributed by atoms with Gasteiger partial charge in [0.05, 0.1) is 0 Å². The van der Waals surface area contributed by atoms with Crippen LogP contribution in [0, 0.1) is 11.8 Å². The Bertz CT molecular complexity index is 127. The molecule has 0 aromatic heterocycles. The molecule has 0 aliphatic heterocycles. The molecule has 0 aromatic carbocycles. The number of hydrogen-bond acceptors (Lipinski definition) is 0. The van der Waals surface area contributed by atoms with Gasteiger partial charge in [-0.05, 0) is 11.8 Å². The van der Waals surface area contributed by atoms with Gasteiger partial charge in [-0.2, -0.15) is 0 Å². The average molecular weight is 107 g/mol. The monoisotopic (exact) mass is 107 g/mol. The van der Waals surface area contributed by atoms with E-state index in [2.05, 4.69) is 38.5 Å². The maximum atomic E-state index is 2.19. The first-order valence-corrected chi connectivity index (χ1v) is 2.91. The highest BCUT2D eigenvalue weighted by atomic mass is 14.2. The molecule has 0 heterocycles. The number of hydrogen-bond donors (Lipinski definition) is 0. The molecule has 1 aliphatic rings. The predicted octanol–water partition coefficient (Wildman–Crippen LogP) is 2.34. The van der Waals surface area contributed by atoms with Crippen LogP contribution in [0.25, 0.3) is 0 Å². The lowest BCUT2D eigenvalue weighted by atomic mass is 9.86. The molecule has 0 aromatic rings. The van der Waals surface area contributed by atoms with Crippen LogP contribution in [0.15, 0.2) is 24.3 Å². The molecule has 0 nitrogen and oxygen atoms in total. The summed E-state index contributed by atoms with van der Waals surface area (Å²) in [4.78, 5) is 0. The van der Waals surface area contributed by atoms with Crippen molar-refractivity contribution in [2.24, 2.45) is 5.41 Å². The van der Waals surface area contributed by atoms with Crippen molar-refractivity contribution in [2.75, 3.05) is 0 Å². The second-order valence-electron chi connectivity index (χ2n) is 2.73. The molecule has 0 spiro atoms. The Balaban J connectivity index is 2.65. The molecular formula is C8H11. The first kappa shape index (κ1) is 5.61. The largest absolute Gasteiger partial charge is 0.0800 e. The van der Waals surface area contributed by atoms with Gasteiger partial charge in [-0.15, -0.1) is 0 Å². The fourth-order valence-corrected chi connectivity index (χ4v) is 0.727. The Morgan fingerprint density at radius 1 is 1.00 bits per heavy atom. The van der Waals surface area contributed by atoms with Crippen molar-refractivity contribution in [3.05, 3.63) is 30.7 Å². The molecule has 1 rings (SSSR count). The van der Waals surface area contributed by atoms with Crippen LogP contribution in [-0.4, -0.2) is 0 Å². The van der Waals surface area contributed by atoms with Gasteiger partial charge < -0.3 is 0 Å². The summed E-state index contributed by atoms with van der Waals surface area (Å²) in [6, 6.07) is 0. The maximum Gasteiger partial charge on any atom is -0.00731 e. The van der Waals surface area contributed by atoms with E-state index in [1.54, 1.807) is 0 Å². The zero-order valence-corrected chi connectivity index (χ0v) is 5.39. The van der Waals surface area contributed by atoms with E-state index >= 15 is 0 Å². The van der Waals surface area contributed by atoms with Gasteiger partial charge in [0.15, 0.2) is 0 Å². The minimum Gasteiger partial charge on any atom is -0.0800 e. The van der Waals surface area contributed by atoms with Crippen molar-refractivity contribution >= 4 is 0 Å². The van der Waals surface area contributed by atoms with E-state index in [0.717, 1.165) is 0 Å². The third-order valence-electron chi connectivity index (χ3n) is 1.27. The summed E-state index contributed by atoms with van der Waals surface area (Å²) < 4.78 is 0. The Morgan fingerprint density at radius 3 is 2.00 bits per heavy atom. The molecule has 0 fully saturated rings. The minimum atomic E-state index is 0.286. The Hall–Kier alpha value is -0.520. The van der Waals surface area contributed by atoms with Crippen LogP contribution in [0.3, 0.4) is 0 Å². The lowest BCUT2D eigenvalue weighted by Crippen LogP contribution is -2.07. The van der Waals surface area contributed by atoms with Gasteiger partial charge in [0.1, 0.15) is 0 Å². The van der Waals surface area contributed by atoms with Crippen molar-refractivity contribution < 1.29 is 0 Å². The molecule has 43 valence electrons. The SMILES string of the molecule is CC1(C)[CH]C=CC=C1.